The monoisotopic (exact) mass is 252 g/mol. The number of hydrogen-bond donors (Lipinski definition) is 1. The number of rotatable bonds is 4. The molecule has 0 fully saturated rings. The van der Waals surface area contributed by atoms with Crippen LogP contribution in [0.25, 0.3) is 0 Å². The maximum Gasteiger partial charge on any atom is 0.133 e. The van der Waals surface area contributed by atoms with Crippen LogP contribution < -0.4 is 5.32 Å². The number of quaternary nitrogens is 1. The Hall–Kier alpha value is -0.820. The SMILES string of the molecule is CC.CC.CC[NH2+]c1ccccc1C(C)(C)CC. The van der Waals surface area contributed by atoms with Crippen LogP contribution >= 0.6 is 0 Å². The number of hydrogen-bond acceptors (Lipinski definition) is 0. The third-order valence-electron chi connectivity index (χ3n) is 3.00. The minimum atomic E-state index is 0.294. The molecular formula is C17H34N+. The van der Waals surface area contributed by atoms with Gasteiger partial charge in [-0.2, -0.15) is 0 Å². The van der Waals surface area contributed by atoms with Gasteiger partial charge in [0.05, 0.1) is 6.54 Å². The maximum absolute atomic E-state index is 2.31. The lowest BCUT2D eigenvalue weighted by Crippen LogP contribution is -2.77. The van der Waals surface area contributed by atoms with E-state index in [1.54, 1.807) is 0 Å². The van der Waals surface area contributed by atoms with Crippen molar-refractivity contribution in [3.05, 3.63) is 29.8 Å². The summed E-state index contributed by atoms with van der Waals surface area (Å²) in [5, 5.41) is 2.31. The second-order valence-electron chi connectivity index (χ2n) is 4.44. The van der Waals surface area contributed by atoms with Gasteiger partial charge in [-0.3, -0.25) is 0 Å². The van der Waals surface area contributed by atoms with Crippen LogP contribution in [0.3, 0.4) is 0 Å². The van der Waals surface area contributed by atoms with Gasteiger partial charge in [0.2, 0.25) is 0 Å². The van der Waals surface area contributed by atoms with Crippen molar-refractivity contribution in [1.29, 1.82) is 0 Å². The molecule has 0 aliphatic heterocycles. The van der Waals surface area contributed by atoms with Gasteiger partial charge in [0.25, 0.3) is 0 Å². The fraction of sp³-hybridized carbons (Fsp3) is 0.647. The number of nitrogens with two attached hydrogens (primary N) is 1. The van der Waals surface area contributed by atoms with E-state index in [1.807, 2.05) is 27.7 Å². The second-order valence-corrected chi connectivity index (χ2v) is 4.44. The average Bonchev–Trinajstić information content (AvgIpc) is 2.44. The Labute approximate surface area is 115 Å². The largest absolute Gasteiger partial charge is 0.314 e. The van der Waals surface area contributed by atoms with Crippen molar-refractivity contribution in [3.8, 4) is 0 Å². The van der Waals surface area contributed by atoms with Gasteiger partial charge in [-0.15, -0.1) is 0 Å². The van der Waals surface area contributed by atoms with Gasteiger partial charge in [-0.1, -0.05) is 66.7 Å². The van der Waals surface area contributed by atoms with Crippen molar-refractivity contribution in [1.82, 2.24) is 0 Å². The molecule has 0 heterocycles. The smallest absolute Gasteiger partial charge is 0.133 e. The molecule has 1 aromatic rings. The molecule has 18 heavy (non-hydrogen) atoms. The maximum atomic E-state index is 2.31. The van der Waals surface area contributed by atoms with Crippen molar-refractivity contribution in [2.24, 2.45) is 0 Å². The lowest BCUT2D eigenvalue weighted by molar-refractivity contribution is -0.568. The number of para-hydroxylation sites is 1. The molecule has 0 unspecified atom stereocenters. The van der Waals surface area contributed by atoms with E-state index >= 15 is 0 Å². The summed E-state index contributed by atoms with van der Waals surface area (Å²) in [6.45, 7) is 18.2. The Balaban J connectivity index is 0. The zero-order valence-electron chi connectivity index (χ0n) is 13.8. The highest BCUT2D eigenvalue weighted by molar-refractivity contribution is 5.43. The van der Waals surface area contributed by atoms with E-state index in [1.165, 1.54) is 17.7 Å². The Morgan fingerprint density at radius 1 is 0.944 bits per heavy atom. The second kappa shape index (κ2) is 11.3. The van der Waals surface area contributed by atoms with Gasteiger partial charge in [0.1, 0.15) is 5.69 Å². The van der Waals surface area contributed by atoms with Gasteiger partial charge in [-0.05, 0) is 24.8 Å². The molecule has 1 rings (SSSR count). The molecule has 0 saturated heterocycles. The lowest BCUT2D eigenvalue weighted by Gasteiger charge is -2.24. The molecule has 0 amide bonds. The molecule has 1 heteroatoms. The normalized spacial score (nSPS) is 9.78. The fourth-order valence-corrected chi connectivity index (χ4v) is 1.70. The van der Waals surface area contributed by atoms with Crippen LogP contribution in [0.5, 0.6) is 0 Å². The summed E-state index contributed by atoms with van der Waals surface area (Å²) in [4.78, 5) is 0. The van der Waals surface area contributed by atoms with Crippen molar-refractivity contribution in [2.45, 2.75) is 67.2 Å². The zero-order valence-corrected chi connectivity index (χ0v) is 13.8. The van der Waals surface area contributed by atoms with Crippen molar-refractivity contribution < 1.29 is 5.32 Å². The molecule has 0 atom stereocenters. The van der Waals surface area contributed by atoms with Crippen LogP contribution in [0.4, 0.5) is 5.69 Å². The van der Waals surface area contributed by atoms with Crippen molar-refractivity contribution >= 4 is 5.69 Å². The minimum absolute atomic E-state index is 0.294. The van der Waals surface area contributed by atoms with E-state index in [0.29, 0.717) is 5.41 Å². The summed E-state index contributed by atoms with van der Waals surface area (Å²) < 4.78 is 0. The Morgan fingerprint density at radius 3 is 1.89 bits per heavy atom. The molecule has 2 N–H and O–H groups in total. The molecule has 106 valence electrons. The molecule has 0 bridgehead atoms. The van der Waals surface area contributed by atoms with Gasteiger partial charge < -0.3 is 5.32 Å². The van der Waals surface area contributed by atoms with Crippen LogP contribution in [0.15, 0.2) is 24.3 Å². The van der Waals surface area contributed by atoms with Crippen molar-refractivity contribution in [2.75, 3.05) is 6.54 Å². The summed E-state index contributed by atoms with van der Waals surface area (Å²) in [5.74, 6) is 0. The number of benzene rings is 1. The predicted molar refractivity (Wildman–Crippen MR) is 84.6 cm³/mol. The van der Waals surface area contributed by atoms with Gasteiger partial charge in [-0.25, -0.2) is 0 Å². The molecule has 0 spiro atoms. The molecular weight excluding hydrogens is 218 g/mol. The Morgan fingerprint density at radius 2 is 1.44 bits per heavy atom. The van der Waals surface area contributed by atoms with Crippen LogP contribution in [0.1, 0.15) is 67.4 Å². The standard InChI is InChI=1S/C13H21N.2C2H6/c1-5-13(3,4)11-9-7-8-10-12(11)14-6-2;2*1-2/h7-10,14H,5-6H2,1-4H3;2*1-2H3/p+1. The fourth-order valence-electron chi connectivity index (χ4n) is 1.70. The third-order valence-corrected chi connectivity index (χ3v) is 3.00. The summed E-state index contributed by atoms with van der Waals surface area (Å²) in [7, 11) is 0. The van der Waals surface area contributed by atoms with E-state index in [4.69, 9.17) is 0 Å². The van der Waals surface area contributed by atoms with E-state index < -0.39 is 0 Å². The molecule has 1 aromatic carbocycles. The lowest BCUT2D eigenvalue weighted by atomic mass is 9.81. The first-order chi connectivity index (χ1) is 8.61. The van der Waals surface area contributed by atoms with Gasteiger partial charge >= 0.3 is 0 Å². The van der Waals surface area contributed by atoms with Crippen LogP contribution in [0, 0.1) is 0 Å². The highest BCUT2D eigenvalue weighted by atomic mass is 14.9. The average molecular weight is 252 g/mol. The predicted octanol–water partition coefficient (Wildman–Crippen LogP) is 4.64. The van der Waals surface area contributed by atoms with Gasteiger partial charge in [0.15, 0.2) is 0 Å². The van der Waals surface area contributed by atoms with E-state index in [2.05, 4.69) is 57.3 Å². The minimum Gasteiger partial charge on any atom is -0.314 e. The summed E-state index contributed by atoms with van der Waals surface area (Å²) in [5.41, 5.74) is 3.17. The molecule has 0 aliphatic carbocycles. The molecule has 0 saturated carbocycles. The quantitative estimate of drug-likeness (QED) is 0.752. The molecule has 0 radical (unpaired) electrons. The summed E-state index contributed by atoms with van der Waals surface area (Å²) in [6.07, 6.45) is 1.18. The molecule has 0 aliphatic rings. The highest BCUT2D eigenvalue weighted by Gasteiger charge is 2.22. The van der Waals surface area contributed by atoms with Crippen LogP contribution in [-0.4, -0.2) is 6.54 Å². The summed E-state index contributed by atoms with van der Waals surface area (Å²) in [6, 6.07) is 8.73. The van der Waals surface area contributed by atoms with Crippen LogP contribution in [-0.2, 0) is 5.41 Å². The van der Waals surface area contributed by atoms with E-state index in [-0.39, 0.29) is 0 Å². The molecule has 0 aromatic heterocycles. The Kier molecular flexibility index (Phi) is 12.2. The molecule has 1 nitrogen and oxygen atoms in total. The third kappa shape index (κ3) is 6.20. The first-order valence-corrected chi connectivity index (χ1v) is 7.54. The van der Waals surface area contributed by atoms with Gasteiger partial charge in [0, 0.05) is 5.56 Å². The van der Waals surface area contributed by atoms with E-state index in [0.717, 1.165) is 6.54 Å². The van der Waals surface area contributed by atoms with Crippen LogP contribution in [0.2, 0.25) is 0 Å². The first kappa shape index (κ1) is 19.5. The Bertz CT molecular complexity index is 289. The highest BCUT2D eigenvalue weighted by Crippen LogP contribution is 2.30. The summed E-state index contributed by atoms with van der Waals surface area (Å²) >= 11 is 0. The first-order valence-electron chi connectivity index (χ1n) is 7.54. The van der Waals surface area contributed by atoms with E-state index in [9.17, 15) is 0 Å². The topological polar surface area (TPSA) is 16.6 Å². The van der Waals surface area contributed by atoms with Crippen molar-refractivity contribution in [3.63, 3.8) is 0 Å². The zero-order chi connectivity index (χ0) is 14.6.